The number of aliphatic hydroxyl groups excluding tert-OH is 1. The zero-order chi connectivity index (χ0) is 14.3. The van der Waals surface area contributed by atoms with Crippen LogP contribution < -0.4 is 0 Å². The summed E-state index contributed by atoms with van der Waals surface area (Å²) in [6.07, 6.45) is -3.87. The molecule has 0 fully saturated rings. The SMILES string of the molecule is C/C(=C\CC/C(C)=C(\C)Br)OCC(O)C(F)(F)F. The molecule has 18 heavy (non-hydrogen) atoms. The molecule has 0 aliphatic heterocycles. The van der Waals surface area contributed by atoms with Gasteiger partial charge < -0.3 is 9.84 Å². The molecule has 0 rings (SSSR count). The third kappa shape index (κ3) is 7.76. The summed E-state index contributed by atoms with van der Waals surface area (Å²) in [4.78, 5) is 0. The first kappa shape index (κ1) is 17.5. The Morgan fingerprint density at radius 1 is 1.33 bits per heavy atom. The highest BCUT2D eigenvalue weighted by molar-refractivity contribution is 9.11. The van der Waals surface area contributed by atoms with E-state index in [9.17, 15) is 13.2 Å². The van der Waals surface area contributed by atoms with Gasteiger partial charge in [0.05, 0.1) is 5.76 Å². The summed E-state index contributed by atoms with van der Waals surface area (Å²) >= 11 is 3.35. The Kier molecular flexibility index (Phi) is 7.62. The molecular formula is C12H18BrF3O2. The van der Waals surface area contributed by atoms with Gasteiger partial charge in [-0.1, -0.05) is 21.5 Å². The van der Waals surface area contributed by atoms with Gasteiger partial charge in [0.25, 0.3) is 0 Å². The van der Waals surface area contributed by atoms with Crippen molar-refractivity contribution in [2.24, 2.45) is 0 Å². The Balaban J connectivity index is 4.04. The van der Waals surface area contributed by atoms with E-state index in [0.717, 1.165) is 10.9 Å². The smallest absolute Gasteiger partial charge is 0.417 e. The molecule has 0 saturated carbocycles. The first-order valence-electron chi connectivity index (χ1n) is 5.50. The van der Waals surface area contributed by atoms with E-state index in [2.05, 4.69) is 15.9 Å². The van der Waals surface area contributed by atoms with Crippen LogP contribution in [0.25, 0.3) is 0 Å². The highest BCUT2D eigenvalue weighted by Gasteiger charge is 2.38. The van der Waals surface area contributed by atoms with E-state index in [4.69, 9.17) is 9.84 Å². The Morgan fingerprint density at radius 2 is 1.89 bits per heavy atom. The van der Waals surface area contributed by atoms with E-state index in [-0.39, 0.29) is 0 Å². The van der Waals surface area contributed by atoms with E-state index in [0.29, 0.717) is 12.2 Å². The number of halogens is 4. The first-order valence-corrected chi connectivity index (χ1v) is 6.30. The minimum atomic E-state index is -4.63. The van der Waals surface area contributed by atoms with Crippen molar-refractivity contribution in [2.45, 2.75) is 45.9 Å². The van der Waals surface area contributed by atoms with Crippen molar-refractivity contribution in [3.8, 4) is 0 Å². The molecule has 0 spiro atoms. The zero-order valence-corrected chi connectivity index (χ0v) is 12.2. The summed E-state index contributed by atoms with van der Waals surface area (Å²) in [5.41, 5.74) is 1.18. The van der Waals surface area contributed by atoms with Crippen LogP contribution in [-0.2, 0) is 4.74 Å². The van der Waals surface area contributed by atoms with Gasteiger partial charge in [0.15, 0.2) is 6.10 Å². The van der Waals surface area contributed by atoms with Crippen molar-refractivity contribution in [3.05, 3.63) is 21.9 Å². The number of allylic oxidation sites excluding steroid dienone is 4. The van der Waals surface area contributed by atoms with Crippen LogP contribution in [0.1, 0.15) is 33.6 Å². The predicted octanol–water partition coefficient (Wildman–Crippen LogP) is 4.30. The van der Waals surface area contributed by atoms with E-state index in [1.54, 1.807) is 13.0 Å². The van der Waals surface area contributed by atoms with E-state index in [1.165, 1.54) is 5.57 Å². The quantitative estimate of drug-likeness (QED) is 0.736. The van der Waals surface area contributed by atoms with Crippen molar-refractivity contribution in [3.63, 3.8) is 0 Å². The van der Waals surface area contributed by atoms with Crippen LogP contribution in [0.3, 0.4) is 0 Å². The van der Waals surface area contributed by atoms with Gasteiger partial charge in [-0.3, -0.25) is 0 Å². The maximum atomic E-state index is 12.0. The van der Waals surface area contributed by atoms with Gasteiger partial charge in [-0.15, -0.1) is 0 Å². The molecule has 2 nitrogen and oxygen atoms in total. The summed E-state index contributed by atoms with van der Waals surface area (Å²) < 4.78 is 41.8. The minimum absolute atomic E-state index is 0.387. The van der Waals surface area contributed by atoms with Crippen LogP contribution in [0.2, 0.25) is 0 Å². The maximum absolute atomic E-state index is 12.0. The zero-order valence-electron chi connectivity index (χ0n) is 10.6. The number of hydrogen-bond acceptors (Lipinski definition) is 2. The van der Waals surface area contributed by atoms with Crippen molar-refractivity contribution < 1.29 is 23.0 Å². The van der Waals surface area contributed by atoms with Crippen LogP contribution in [0.5, 0.6) is 0 Å². The first-order chi connectivity index (χ1) is 8.14. The van der Waals surface area contributed by atoms with Gasteiger partial charge in [0.2, 0.25) is 0 Å². The van der Waals surface area contributed by atoms with Gasteiger partial charge in [-0.2, -0.15) is 13.2 Å². The molecule has 1 unspecified atom stereocenters. The topological polar surface area (TPSA) is 29.5 Å². The summed E-state index contributed by atoms with van der Waals surface area (Å²) in [5, 5.41) is 8.73. The standard InChI is InChI=1S/C12H18BrF3O2/c1-8(10(3)13)5-4-6-9(2)18-7-11(17)12(14,15)16/h6,11,17H,4-5,7H2,1-3H3/b9-6+,10-8+. The molecule has 0 heterocycles. The fraction of sp³-hybridized carbons (Fsp3) is 0.667. The summed E-state index contributed by atoms with van der Waals surface area (Å²) in [5.74, 6) is 0.387. The van der Waals surface area contributed by atoms with Crippen molar-refractivity contribution in [1.29, 1.82) is 0 Å². The van der Waals surface area contributed by atoms with Crippen LogP contribution in [0, 0.1) is 0 Å². The lowest BCUT2D eigenvalue weighted by Crippen LogP contribution is -2.32. The van der Waals surface area contributed by atoms with Gasteiger partial charge in [0.1, 0.15) is 6.61 Å². The number of aliphatic hydroxyl groups is 1. The van der Waals surface area contributed by atoms with Crippen LogP contribution in [0.15, 0.2) is 21.9 Å². The lowest BCUT2D eigenvalue weighted by Gasteiger charge is -2.15. The molecule has 0 aliphatic carbocycles. The Labute approximate surface area is 114 Å². The molecule has 0 aromatic carbocycles. The van der Waals surface area contributed by atoms with Gasteiger partial charge in [-0.05, 0) is 44.2 Å². The maximum Gasteiger partial charge on any atom is 0.417 e. The number of hydrogen-bond donors (Lipinski definition) is 1. The summed E-state index contributed by atoms with van der Waals surface area (Å²) in [6, 6.07) is 0. The molecule has 0 radical (unpaired) electrons. The van der Waals surface area contributed by atoms with Crippen molar-refractivity contribution in [2.75, 3.05) is 6.61 Å². The molecule has 1 atom stereocenters. The molecule has 106 valence electrons. The molecule has 0 aromatic rings. The van der Waals surface area contributed by atoms with Gasteiger partial charge in [-0.25, -0.2) is 0 Å². The Hall–Kier alpha value is -0.490. The van der Waals surface area contributed by atoms with Crippen LogP contribution in [-0.4, -0.2) is 24.0 Å². The average Bonchev–Trinajstić information content (AvgIpc) is 2.24. The largest absolute Gasteiger partial charge is 0.495 e. The second-order valence-electron chi connectivity index (χ2n) is 4.04. The molecule has 6 heteroatoms. The molecule has 0 aliphatic rings. The summed E-state index contributed by atoms with van der Waals surface area (Å²) in [6.45, 7) is 4.71. The van der Waals surface area contributed by atoms with Gasteiger partial charge >= 0.3 is 6.18 Å². The highest BCUT2D eigenvalue weighted by Crippen LogP contribution is 2.21. The van der Waals surface area contributed by atoms with E-state index >= 15 is 0 Å². The van der Waals surface area contributed by atoms with E-state index in [1.807, 2.05) is 13.8 Å². The van der Waals surface area contributed by atoms with Crippen molar-refractivity contribution >= 4 is 15.9 Å². The van der Waals surface area contributed by atoms with Crippen LogP contribution >= 0.6 is 15.9 Å². The number of ether oxygens (including phenoxy) is 1. The molecule has 1 N–H and O–H groups in total. The minimum Gasteiger partial charge on any atom is -0.495 e. The third-order valence-corrected chi connectivity index (χ3v) is 3.06. The summed E-state index contributed by atoms with van der Waals surface area (Å²) in [7, 11) is 0. The average molecular weight is 331 g/mol. The second kappa shape index (κ2) is 7.84. The predicted molar refractivity (Wildman–Crippen MR) is 68.3 cm³/mol. The molecular weight excluding hydrogens is 313 g/mol. The highest BCUT2D eigenvalue weighted by atomic mass is 79.9. The third-order valence-electron chi connectivity index (χ3n) is 2.39. The Morgan fingerprint density at radius 3 is 2.33 bits per heavy atom. The number of alkyl halides is 3. The monoisotopic (exact) mass is 330 g/mol. The van der Waals surface area contributed by atoms with Crippen molar-refractivity contribution in [1.82, 2.24) is 0 Å². The second-order valence-corrected chi connectivity index (χ2v) is 5.23. The lowest BCUT2D eigenvalue weighted by molar-refractivity contribution is -0.214. The van der Waals surface area contributed by atoms with Crippen LogP contribution in [0.4, 0.5) is 13.2 Å². The molecule has 0 aromatic heterocycles. The lowest BCUT2D eigenvalue weighted by atomic mass is 10.1. The molecule has 0 bridgehead atoms. The van der Waals surface area contributed by atoms with E-state index < -0.39 is 18.9 Å². The molecule has 0 saturated heterocycles. The normalized spacial score (nSPS) is 16.3. The fourth-order valence-electron chi connectivity index (χ4n) is 1.03. The molecule has 0 amide bonds. The fourth-order valence-corrected chi connectivity index (χ4v) is 1.23. The Bertz CT molecular complexity index is 318. The number of rotatable bonds is 6. The van der Waals surface area contributed by atoms with Gasteiger partial charge in [0, 0.05) is 0 Å².